The summed E-state index contributed by atoms with van der Waals surface area (Å²) >= 11 is 3.37. The van der Waals surface area contributed by atoms with Crippen LogP contribution in [0.4, 0.5) is 5.69 Å². The minimum Gasteiger partial charge on any atom is -0.496 e. The van der Waals surface area contributed by atoms with Gasteiger partial charge in [-0.1, -0.05) is 24.3 Å². The second kappa shape index (κ2) is 7.19. The van der Waals surface area contributed by atoms with Gasteiger partial charge in [-0.05, 0) is 46.6 Å². The molecular formula is C17H14BrNO4. The van der Waals surface area contributed by atoms with E-state index in [1.54, 1.807) is 38.3 Å². The van der Waals surface area contributed by atoms with Gasteiger partial charge in [0.25, 0.3) is 5.69 Å². The molecule has 0 fully saturated rings. The minimum atomic E-state index is -0.490. The van der Waals surface area contributed by atoms with Gasteiger partial charge in [0.2, 0.25) is 0 Å². The molecule has 23 heavy (non-hydrogen) atoms. The fourth-order valence-corrected chi connectivity index (χ4v) is 2.57. The number of carbonyl (C=O) groups excluding carboxylic acids is 1. The normalized spacial score (nSPS) is 10.7. The zero-order chi connectivity index (χ0) is 17.0. The average molecular weight is 376 g/mol. The van der Waals surface area contributed by atoms with Crippen LogP contribution in [0, 0.1) is 17.0 Å². The van der Waals surface area contributed by atoms with Gasteiger partial charge >= 0.3 is 0 Å². The first-order chi connectivity index (χ1) is 10.9. The summed E-state index contributed by atoms with van der Waals surface area (Å²) in [4.78, 5) is 22.6. The van der Waals surface area contributed by atoms with Gasteiger partial charge in [-0.2, -0.15) is 0 Å². The van der Waals surface area contributed by atoms with Crippen molar-refractivity contribution in [1.82, 2.24) is 0 Å². The van der Waals surface area contributed by atoms with Gasteiger partial charge in [-0.25, -0.2) is 0 Å². The predicted octanol–water partition coefficient (Wildman–Crippen LogP) is 4.57. The molecule has 2 rings (SSSR count). The molecule has 5 nitrogen and oxygen atoms in total. The van der Waals surface area contributed by atoms with Crippen LogP contribution in [0.1, 0.15) is 21.5 Å². The van der Waals surface area contributed by atoms with Crippen LogP contribution in [-0.2, 0) is 0 Å². The topological polar surface area (TPSA) is 69.4 Å². The number of ether oxygens (including phenoxy) is 1. The number of nitro groups is 1. The molecule has 0 aliphatic rings. The summed E-state index contributed by atoms with van der Waals surface area (Å²) in [5.74, 6) is 0.405. The van der Waals surface area contributed by atoms with Crippen LogP contribution in [0.3, 0.4) is 0 Å². The molecule has 6 heteroatoms. The fourth-order valence-electron chi connectivity index (χ4n) is 2.01. The predicted molar refractivity (Wildman–Crippen MR) is 91.9 cm³/mol. The summed E-state index contributed by atoms with van der Waals surface area (Å²) in [7, 11) is 1.57. The van der Waals surface area contributed by atoms with E-state index in [1.165, 1.54) is 12.1 Å². The third-order valence-electron chi connectivity index (χ3n) is 3.29. The van der Waals surface area contributed by atoms with E-state index in [2.05, 4.69) is 15.9 Å². The van der Waals surface area contributed by atoms with E-state index >= 15 is 0 Å². The highest BCUT2D eigenvalue weighted by Crippen LogP contribution is 2.26. The second-order valence-corrected chi connectivity index (χ2v) is 5.70. The van der Waals surface area contributed by atoms with Crippen molar-refractivity contribution in [1.29, 1.82) is 0 Å². The van der Waals surface area contributed by atoms with Gasteiger partial charge in [-0.3, -0.25) is 14.9 Å². The summed E-state index contributed by atoms with van der Waals surface area (Å²) in [5.41, 5.74) is 1.56. The van der Waals surface area contributed by atoms with Crippen LogP contribution in [0.5, 0.6) is 5.75 Å². The number of allylic oxidation sites excluding steroid dienone is 1. The SMILES string of the molecule is COc1ccc(/C=C/C(=O)c2ccc(C)c([N+](=O)[O-])c2)cc1Br. The van der Waals surface area contributed by atoms with Gasteiger partial charge in [0.15, 0.2) is 5.78 Å². The lowest BCUT2D eigenvalue weighted by Gasteiger charge is -2.03. The van der Waals surface area contributed by atoms with Gasteiger partial charge in [0, 0.05) is 17.2 Å². The Morgan fingerprint density at radius 3 is 2.61 bits per heavy atom. The van der Waals surface area contributed by atoms with Gasteiger partial charge < -0.3 is 4.74 Å². The number of nitro benzene ring substituents is 1. The average Bonchev–Trinajstić information content (AvgIpc) is 2.52. The number of halogens is 1. The van der Waals surface area contributed by atoms with Crippen molar-refractivity contribution < 1.29 is 14.5 Å². The lowest BCUT2D eigenvalue weighted by molar-refractivity contribution is -0.385. The molecule has 2 aromatic carbocycles. The Morgan fingerprint density at radius 2 is 2.00 bits per heavy atom. The molecule has 0 unspecified atom stereocenters. The largest absolute Gasteiger partial charge is 0.496 e. The lowest BCUT2D eigenvalue weighted by atomic mass is 10.1. The number of hydrogen-bond donors (Lipinski definition) is 0. The number of aryl methyl sites for hydroxylation is 1. The van der Waals surface area contributed by atoms with Gasteiger partial charge in [-0.15, -0.1) is 0 Å². The van der Waals surface area contributed by atoms with Crippen LogP contribution in [0.15, 0.2) is 46.9 Å². The molecule has 0 N–H and O–H groups in total. The monoisotopic (exact) mass is 375 g/mol. The molecule has 0 aliphatic heterocycles. The van der Waals surface area contributed by atoms with E-state index in [-0.39, 0.29) is 17.0 Å². The third-order valence-corrected chi connectivity index (χ3v) is 3.91. The first kappa shape index (κ1) is 16.9. The lowest BCUT2D eigenvalue weighted by Crippen LogP contribution is -1.98. The summed E-state index contributed by atoms with van der Waals surface area (Å²) in [5, 5.41) is 10.9. The molecule has 0 spiro atoms. The maximum absolute atomic E-state index is 12.2. The minimum absolute atomic E-state index is 0.0589. The van der Waals surface area contributed by atoms with Crippen molar-refractivity contribution in [2.24, 2.45) is 0 Å². The summed E-state index contributed by atoms with van der Waals surface area (Å²) < 4.78 is 5.92. The molecular weight excluding hydrogens is 362 g/mol. The molecule has 118 valence electrons. The number of carbonyl (C=O) groups is 1. The van der Waals surface area contributed by atoms with E-state index in [9.17, 15) is 14.9 Å². The Labute approximate surface area is 141 Å². The van der Waals surface area contributed by atoms with Crippen LogP contribution in [0.25, 0.3) is 6.08 Å². The molecule has 0 amide bonds. The van der Waals surface area contributed by atoms with Crippen molar-refractivity contribution in [3.05, 3.63) is 73.8 Å². The number of ketones is 1. The van der Waals surface area contributed by atoms with Crippen LogP contribution in [0.2, 0.25) is 0 Å². The highest BCUT2D eigenvalue weighted by molar-refractivity contribution is 9.10. The highest BCUT2D eigenvalue weighted by atomic mass is 79.9. The molecule has 0 radical (unpaired) electrons. The van der Waals surface area contributed by atoms with Gasteiger partial charge in [0.05, 0.1) is 16.5 Å². The van der Waals surface area contributed by atoms with Crippen LogP contribution >= 0.6 is 15.9 Å². The zero-order valence-electron chi connectivity index (χ0n) is 12.6. The quantitative estimate of drug-likeness (QED) is 0.332. The van der Waals surface area contributed by atoms with E-state index < -0.39 is 4.92 Å². The molecule has 0 aliphatic carbocycles. The Bertz CT molecular complexity index is 799. The van der Waals surface area contributed by atoms with Crippen molar-refractivity contribution in [3.8, 4) is 5.75 Å². The summed E-state index contributed by atoms with van der Waals surface area (Å²) in [6, 6.07) is 9.87. The maximum atomic E-state index is 12.2. The molecule has 0 atom stereocenters. The van der Waals surface area contributed by atoms with E-state index in [1.807, 2.05) is 12.1 Å². The van der Waals surface area contributed by atoms with Crippen LogP contribution in [-0.4, -0.2) is 17.8 Å². The standard InChI is InChI=1S/C17H14BrNO4/c1-11-3-6-13(10-15(11)19(21)22)16(20)7-4-12-5-8-17(23-2)14(18)9-12/h3-10H,1-2H3/b7-4+. The van der Waals surface area contributed by atoms with Crippen molar-refractivity contribution >= 4 is 33.5 Å². The molecule has 0 saturated carbocycles. The molecule has 0 aromatic heterocycles. The Morgan fingerprint density at radius 1 is 1.26 bits per heavy atom. The molecule has 0 bridgehead atoms. The highest BCUT2D eigenvalue weighted by Gasteiger charge is 2.13. The van der Waals surface area contributed by atoms with E-state index in [0.717, 1.165) is 10.0 Å². The Kier molecular flexibility index (Phi) is 5.28. The first-order valence-corrected chi connectivity index (χ1v) is 7.52. The zero-order valence-corrected chi connectivity index (χ0v) is 14.2. The molecule has 0 saturated heterocycles. The summed E-state index contributed by atoms with van der Waals surface area (Å²) in [6.45, 7) is 1.64. The summed E-state index contributed by atoms with van der Waals surface area (Å²) in [6.07, 6.45) is 3.04. The second-order valence-electron chi connectivity index (χ2n) is 4.85. The van der Waals surface area contributed by atoms with Crippen molar-refractivity contribution in [2.45, 2.75) is 6.92 Å². The fraction of sp³-hybridized carbons (Fsp3) is 0.118. The van der Waals surface area contributed by atoms with E-state index in [4.69, 9.17) is 4.74 Å². The van der Waals surface area contributed by atoms with E-state index in [0.29, 0.717) is 11.3 Å². The van der Waals surface area contributed by atoms with Crippen molar-refractivity contribution in [3.63, 3.8) is 0 Å². The van der Waals surface area contributed by atoms with Crippen LogP contribution < -0.4 is 4.74 Å². The Balaban J connectivity index is 2.23. The molecule has 0 heterocycles. The maximum Gasteiger partial charge on any atom is 0.273 e. The Hall–Kier alpha value is -2.47. The number of methoxy groups -OCH3 is 1. The van der Waals surface area contributed by atoms with Gasteiger partial charge in [0.1, 0.15) is 5.75 Å². The first-order valence-electron chi connectivity index (χ1n) is 6.73. The smallest absolute Gasteiger partial charge is 0.273 e. The van der Waals surface area contributed by atoms with Crippen molar-refractivity contribution in [2.75, 3.05) is 7.11 Å². The number of benzene rings is 2. The number of rotatable bonds is 5. The third kappa shape index (κ3) is 4.04. The molecule has 2 aromatic rings. The number of hydrogen-bond acceptors (Lipinski definition) is 4. The number of nitrogens with zero attached hydrogens (tertiary/aromatic N) is 1.